The molecule has 13 heavy (non-hydrogen) atoms. The Kier molecular flexibility index (Phi) is 3.25. The van der Waals surface area contributed by atoms with Crippen molar-refractivity contribution < 1.29 is 18.7 Å². The number of hydrogen-bond acceptors (Lipinski definition) is 4. The Morgan fingerprint density at radius 2 is 2.38 bits per heavy atom. The Hall–Kier alpha value is -1.58. The van der Waals surface area contributed by atoms with Crippen LogP contribution in [-0.4, -0.2) is 18.9 Å². The Bertz CT molecular complexity index is 300. The molecule has 70 valence electrons. The van der Waals surface area contributed by atoms with Gasteiger partial charge < -0.3 is 9.15 Å². The second-order valence-electron chi connectivity index (χ2n) is 2.46. The summed E-state index contributed by atoms with van der Waals surface area (Å²) in [5.74, 6) is -0.339. The quantitative estimate of drug-likeness (QED) is 0.524. The molecule has 1 rings (SSSR count). The van der Waals surface area contributed by atoms with Crippen LogP contribution in [0.25, 0.3) is 0 Å². The van der Waals surface area contributed by atoms with Crippen molar-refractivity contribution in [1.82, 2.24) is 0 Å². The first kappa shape index (κ1) is 9.51. The second-order valence-corrected chi connectivity index (χ2v) is 2.46. The van der Waals surface area contributed by atoms with Gasteiger partial charge in [0.15, 0.2) is 12.0 Å². The highest BCUT2D eigenvalue weighted by Gasteiger charge is 2.11. The number of aldehydes is 1. The Morgan fingerprint density at radius 1 is 1.62 bits per heavy atom. The van der Waals surface area contributed by atoms with Gasteiger partial charge in [-0.3, -0.25) is 4.79 Å². The molecule has 0 amide bonds. The first-order valence-corrected chi connectivity index (χ1v) is 4.00. The van der Waals surface area contributed by atoms with Crippen molar-refractivity contribution in [3.05, 3.63) is 23.7 Å². The molecule has 0 aliphatic carbocycles. The fourth-order valence-corrected chi connectivity index (χ4v) is 0.792. The van der Waals surface area contributed by atoms with Gasteiger partial charge in [0.25, 0.3) is 0 Å². The zero-order valence-electron chi connectivity index (χ0n) is 7.28. The third-order valence-corrected chi connectivity index (χ3v) is 1.38. The highest BCUT2D eigenvalue weighted by molar-refractivity contribution is 5.87. The summed E-state index contributed by atoms with van der Waals surface area (Å²) in [6.07, 6.45) is 1.30. The number of esters is 1. The van der Waals surface area contributed by atoms with Crippen molar-refractivity contribution in [3.63, 3.8) is 0 Å². The van der Waals surface area contributed by atoms with E-state index in [0.29, 0.717) is 12.9 Å². The summed E-state index contributed by atoms with van der Waals surface area (Å²) in [6.45, 7) is 2.25. The monoisotopic (exact) mass is 182 g/mol. The fourth-order valence-electron chi connectivity index (χ4n) is 0.792. The predicted octanol–water partition coefficient (Wildman–Crippen LogP) is 1.66. The molecule has 0 spiro atoms. The number of furan rings is 1. The van der Waals surface area contributed by atoms with Gasteiger partial charge in [0.2, 0.25) is 5.76 Å². The minimum Gasteiger partial charge on any atom is -0.460 e. The largest absolute Gasteiger partial charge is 0.460 e. The number of hydrogen-bond donors (Lipinski definition) is 0. The van der Waals surface area contributed by atoms with E-state index >= 15 is 0 Å². The highest BCUT2D eigenvalue weighted by Crippen LogP contribution is 2.07. The van der Waals surface area contributed by atoms with Crippen LogP contribution in [0.3, 0.4) is 0 Å². The lowest BCUT2D eigenvalue weighted by Crippen LogP contribution is -2.04. The van der Waals surface area contributed by atoms with Gasteiger partial charge in [-0.1, -0.05) is 6.92 Å². The first-order chi connectivity index (χ1) is 6.27. The lowest BCUT2D eigenvalue weighted by molar-refractivity contribution is 0.0468. The molecule has 4 nitrogen and oxygen atoms in total. The minimum absolute atomic E-state index is 0.0653. The zero-order chi connectivity index (χ0) is 9.68. The third kappa shape index (κ3) is 2.43. The molecule has 0 aliphatic rings. The van der Waals surface area contributed by atoms with Crippen molar-refractivity contribution in [2.75, 3.05) is 6.61 Å². The van der Waals surface area contributed by atoms with Crippen LogP contribution >= 0.6 is 0 Å². The van der Waals surface area contributed by atoms with E-state index in [2.05, 4.69) is 0 Å². The molecule has 0 atom stereocenters. The highest BCUT2D eigenvalue weighted by atomic mass is 16.5. The van der Waals surface area contributed by atoms with Crippen LogP contribution in [0, 0.1) is 0 Å². The minimum atomic E-state index is -0.532. The van der Waals surface area contributed by atoms with E-state index in [9.17, 15) is 9.59 Å². The third-order valence-electron chi connectivity index (χ3n) is 1.38. The van der Waals surface area contributed by atoms with Crippen LogP contribution in [0.2, 0.25) is 0 Å². The van der Waals surface area contributed by atoms with E-state index in [0.717, 1.165) is 6.42 Å². The van der Waals surface area contributed by atoms with Gasteiger partial charge in [-0.15, -0.1) is 0 Å². The zero-order valence-corrected chi connectivity index (χ0v) is 7.28. The molecule has 0 N–H and O–H groups in total. The topological polar surface area (TPSA) is 56.5 Å². The molecule has 0 aliphatic heterocycles. The van der Waals surface area contributed by atoms with Crippen LogP contribution in [0.4, 0.5) is 0 Å². The SMILES string of the molecule is CCCOC(=O)c1ccc(C=O)o1. The maximum absolute atomic E-state index is 11.1. The van der Waals surface area contributed by atoms with Gasteiger partial charge in [-0.05, 0) is 18.6 Å². The lowest BCUT2D eigenvalue weighted by Gasteiger charge is -1.98. The van der Waals surface area contributed by atoms with Crippen molar-refractivity contribution in [2.24, 2.45) is 0 Å². The Morgan fingerprint density at radius 3 is 2.92 bits per heavy atom. The molecule has 4 heteroatoms. The molecule has 1 aromatic heterocycles. The van der Waals surface area contributed by atoms with Crippen LogP contribution in [0.1, 0.15) is 34.5 Å². The lowest BCUT2D eigenvalue weighted by atomic mass is 10.4. The number of carbonyl (C=O) groups is 2. The second kappa shape index (κ2) is 4.45. The molecule has 0 saturated carbocycles. The molecule has 1 aromatic rings. The average Bonchev–Trinajstić information content (AvgIpc) is 2.62. The molecule has 0 unspecified atom stereocenters. The first-order valence-electron chi connectivity index (χ1n) is 4.00. The van der Waals surface area contributed by atoms with Gasteiger partial charge in [-0.2, -0.15) is 0 Å². The summed E-state index contributed by atoms with van der Waals surface area (Å²) in [4.78, 5) is 21.3. The Labute approximate surface area is 75.5 Å². The molecular weight excluding hydrogens is 172 g/mol. The Balaban J connectivity index is 2.60. The number of rotatable bonds is 4. The van der Waals surface area contributed by atoms with Gasteiger partial charge in [0.05, 0.1) is 6.61 Å². The molecule has 0 bridgehead atoms. The smallest absolute Gasteiger partial charge is 0.374 e. The average molecular weight is 182 g/mol. The van der Waals surface area contributed by atoms with Crippen LogP contribution in [0.15, 0.2) is 16.5 Å². The predicted molar refractivity (Wildman–Crippen MR) is 44.7 cm³/mol. The summed E-state index contributed by atoms with van der Waals surface area (Å²) in [7, 11) is 0. The van der Waals surface area contributed by atoms with Gasteiger partial charge in [-0.25, -0.2) is 4.79 Å². The van der Waals surface area contributed by atoms with E-state index in [1.54, 1.807) is 0 Å². The summed E-state index contributed by atoms with van der Waals surface area (Å²) in [6, 6.07) is 2.84. The summed E-state index contributed by atoms with van der Waals surface area (Å²) < 4.78 is 9.64. The molecule has 0 fully saturated rings. The van der Waals surface area contributed by atoms with Gasteiger partial charge in [0, 0.05) is 0 Å². The van der Waals surface area contributed by atoms with E-state index in [1.165, 1.54) is 12.1 Å². The molecule has 1 heterocycles. The van der Waals surface area contributed by atoms with Crippen molar-refractivity contribution in [2.45, 2.75) is 13.3 Å². The van der Waals surface area contributed by atoms with Crippen molar-refractivity contribution in [3.8, 4) is 0 Å². The van der Waals surface area contributed by atoms with Crippen molar-refractivity contribution in [1.29, 1.82) is 0 Å². The van der Waals surface area contributed by atoms with E-state index in [4.69, 9.17) is 9.15 Å². The number of carbonyl (C=O) groups excluding carboxylic acids is 2. The van der Waals surface area contributed by atoms with Crippen molar-refractivity contribution >= 4 is 12.3 Å². The maximum atomic E-state index is 11.1. The van der Waals surface area contributed by atoms with Crippen LogP contribution in [-0.2, 0) is 4.74 Å². The molecule has 0 radical (unpaired) electrons. The fraction of sp³-hybridized carbons (Fsp3) is 0.333. The summed E-state index contributed by atoms with van der Waals surface area (Å²) in [5.41, 5.74) is 0. The van der Waals surface area contributed by atoms with E-state index in [-0.39, 0.29) is 11.5 Å². The standard InChI is InChI=1S/C9H10O4/c1-2-5-12-9(11)8-4-3-7(6-10)13-8/h3-4,6H,2,5H2,1H3. The van der Waals surface area contributed by atoms with Gasteiger partial charge >= 0.3 is 5.97 Å². The molecular formula is C9H10O4. The maximum Gasteiger partial charge on any atom is 0.374 e. The molecule has 0 aromatic carbocycles. The van der Waals surface area contributed by atoms with Crippen LogP contribution < -0.4 is 0 Å². The number of ether oxygens (including phenoxy) is 1. The summed E-state index contributed by atoms with van der Waals surface area (Å²) in [5, 5.41) is 0. The normalized spacial score (nSPS) is 9.62. The molecule has 0 saturated heterocycles. The van der Waals surface area contributed by atoms with Crippen LogP contribution in [0.5, 0.6) is 0 Å². The van der Waals surface area contributed by atoms with Gasteiger partial charge in [0.1, 0.15) is 0 Å². The van der Waals surface area contributed by atoms with E-state index < -0.39 is 5.97 Å². The van der Waals surface area contributed by atoms with E-state index in [1.807, 2.05) is 6.92 Å². The summed E-state index contributed by atoms with van der Waals surface area (Å²) >= 11 is 0.